The molecule has 0 radical (unpaired) electrons. The van der Waals surface area contributed by atoms with Gasteiger partial charge in [0.1, 0.15) is 5.60 Å². The smallest absolute Gasteiger partial charge is 0.407 e. The number of anilines is 2. The molecule has 1 aliphatic rings. The molecule has 0 aliphatic carbocycles. The van der Waals surface area contributed by atoms with Crippen LogP contribution in [0.3, 0.4) is 0 Å². The Bertz CT molecular complexity index is 915. The van der Waals surface area contributed by atoms with Crippen molar-refractivity contribution in [3.8, 4) is 0 Å². The number of benzene rings is 2. The van der Waals surface area contributed by atoms with Crippen molar-refractivity contribution in [1.29, 1.82) is 0 Å². The number of carbonyl (C=O) groups excluding carboxylic acids is 3. The zero-order chi connectivity index (χ0) is 21.7. The summed E-state index contributed by atoms with van der Waals surface area (Å²) in [5, 5.41) is 5.54. The highest BCUT2D eigenvalue weighted by atomic mass is 16.6. The van der Waals surface area contributed by atoms with Crippen LogP contribution >= 0.6 is 0 Å². The average molecular weight is 409 g/mol. The van der Waals surface area contributed by atoms with Gasteiger partial charge in [0.2, 0.25) is 5.91 Å². The molecule has 0 aromatic heterocycles. The van der Waals surface area contributed by atoms with Crippen molar-refractivity contribution in [3.05, 3.63) is 59.7 Å². The van der Waals surface area contributed by atoms with Gasteiger partial charge in [-0.1, -0.05) is 12.1 Å². The predicted octanol–water partition coefficient (Wildman–Crippen LogP) is 4.09. The van der Waals surface area contributed by atoms with E-state index in [-0.39, 0.29) is 11.8 Å². The van der Waals surface area contributed by atoms with Gasteiger partial charge in [-0.3, -0.25) is 9.59 Å². The Morgan fingerprint density at radius 1 is 1.03 bits per heavy atom. The van der Waals surface area contributed by atoms with Crippen molar-refractivity contribution in [2.24, 2.45) is 0 Å². The normalized spacial score (nSPS) is 13.8. The Morgan fingerprint density at radius 2 is 1.70 bits per heavy atom. The van der Waals surface area contributed by atoms with Crippen LogP contribution in [-0.2, 0) is 16.1 Å². The molecule has 2 aromatic carbocycles. The van der Waals surface area contributed by atoms with E-state index in [0.29, 0.717) is 24.2 Å². The van der Waals surface area contributed by atoms with Gasteiger partial charge in [0.25, 0.3) is 5.91 Å². The largest absolute Gasteiger partial charge is 0.444 e. The summed E-state index contributed by atoms with van der Waals surface area (Å²) in [6.45, 7) is 6.46. The van der Waals surface area contributed by atoms with Crippen molar-refractivity contribution < 1.29 is 19.1 Å². The standard InChI is InChI=1S/C23H27N3O4/c1-23(2,3)30-22(29)24-15-16-6-8-17(9-7-16)21(28)25-18-10-12-19(13-11-18)26-14-4-5-20(26)27/h6-13H,4-5,14-15H2,1-3H3,(H,24,29)(H,25,28). The number of amides is 3. The average Bonchev–Trinajstić information content (AvgIpc) is 3.12. The number of hydrogen-bond acceptors (Lipinski definition) is 4. The van der Waals surface area contributed by atoms with Crippen molar-refractivity contribution in [2.75, 3.05) is 16.8 Å². The lowest BCUT2D eigenvalue weighted by atomic mass is 10.1. The van der Waals surface area contributed by atoms with E-state index in [1.54, 1.807) is 62.1 Å². The molecule has 30 heavy (non-hydrogen) atoms. The van der Waals surface area contributed by atoms with Crippen LogP contribution in [0.1, 0.15) is 49.5 Å². The molecule has 3 rings (SSSR count). The summed E-state index contributed by atoms with van der Waals surface area (Å²) in [5.41, 5.74) is 2.32. The van der Waals surface area contributed by atoms with Gasteiger partial charge in [-0.25, -0.2) is 4.79 Å². The van der Waals surface area contributed by atoms with E-state index in [1.807, 2.05) is 12.1 Å². The maximum Gasteiger partial charge on any atom is 0.407 e. The fourth-order valence-electron chi connectivity index (χ4n) is 3.11. The summed E-state index contributed by atoms with van der Waals surface area (Å²) in [7, 11) is 0. The number of alkyl carbamates (subject to hydrolysis) is 1. The zero-order valence-electron chi connectivity index (χ0n) is 17.5. The molecule has 158 valence electrons. The predicted molar refractivity (Wildman–Crippen MR) is 115 cm³/mol. The van der Waals surface area contributed by atoms with E-state index in [1.165, 1.54) is 0 Å². The number of nitrogens with zero attached hydrogens (tertiary/aromatic N) is 1. The first-order valence-electron chi connectivity index (χ1n) is 9.99. The SMILES string of the molecule is CC(C)(C)OC(=O)NCc1ccc(C(=O)Nc2ccc(N3CCCC3=O)cc2)cc1. The first-order valence-corrected chi connectivity index (χ1v) is 9.99. The summed E-state index contributed by atoms with van der Waals surface area (Å²) in [6.07, 6.45) is 0.978. The summed E-state index contributed by atoms with van der Waals surface area (Å²) >= 11 is 0. The summed E-state index contributed by atoms with van der Waals surface area (Å²) < 4.78 is 5.20. The molecule has 7 nitrogen and oxygen atoms in total. The fraction of sp³-hybridized carbons (Fsp3) is 0.348. The third-order valence-electron chi connectivity index (χ3n) is 4.56. The molecule has 0 spiro atoms. The number of carbonyl (C=O) groups is 3. The minimum Gasteiger partial charge on any atom is -0.444 e. The Hall–Kier alpha value is -3.35. The van der Waals surface area contributed by atoms with E-state index in [9.17, 15) is 14.4 Å². The van der Waals surface area contributed by atoms with Gasteiger partial charge < -0.3 is 20.3 Å². The molecule has 0 saturated carbocycles. The van der Waals surface area contributed by atoms with Crippen molar-refractivity contribution in [2.45, 2.75) is 45.8 Å². The topological polar surface area (TPSA) is 87.7 Å². The van der Waals surface area contributed by atoms with Crippen LogP contribution in [-0.4, -0.2) is 30.1 Å². The summed E-state index contributed by atoms with van der Waals surface area (Å²) in [6, 6.07) is 14.2. The van der Waals surface area contributed by atoms with E-state index in [2.05, 4.69) is 10.6 Å². The van der Waals surface area contributed by atoms with E-state index >= 15 is 0 Å². The van der Waals surface area contributed by atoms with Crippen LogP contribution in [0, 0.1) is 0 Å². The highest BCUT2D eigenvalue weighted by Gasteiger charge is 2.21. The van der Waals surface area contributed by atoms with E-state index in [4.69, 9.17) is 4.74 Å². The van der Waals surface area contributed by atoms with Crippen LogP contribution in [0.15, 0.2) is 48.5 Å². The van der Waals surface area contributed by atoms with Crippen molar-refractivity contribution in [1.82, 2.24) is 5.32 Å². The molecule has 2 aromatic rings. The molecular weight excluding hydrogens is 382 g/mol. The quantitative estimate of drug-likeness (QED) is 0.779. The Balaban J connectivity index is 1.53. The van der Waals surface area contributed by atoms with Gasteiger partial charge >= 0.3 is 6.09 Å². The van der Waals surface area contributed by atoms with Gasteiger partial charge in [-0.05, 0) is 69.2 Å². The molecule has 1 aliphatic heterocycles. The second-order valence-electron chi connectivity index (χ2n) is 8.20. The molecular formula is C23H27N3O4. The van der Waals surface area contributed by atoms with Crippen LogP contribution < -0.4 is 15.5 Å². The first kappa shape index (κ1) is 21.4. The van der Waals surface area contributed by atoms with Gasteiger partial charge in [0.05, 0.1) is 0 Å². The minimum absolute atomic E-state index is 0.132. The van der Waals surface area contributed by atoms with E-state index in [0.717, 1.165) is 24.2 Å². The second kappa shape index (κ2) is 8.98. The summed E-state index contributed by atoms with van der Waals surface area (Å²) in [5.74, 6) is -0.0975. The van der Waals surface area contributed by atoms with E-state index < -0.39 is 11.7 Å². The number of rotatable bonds is 5. The molecule has 0 bridgehead atoms. The maximum absolute atomic E-state index is 12.5. The van der Waals surface area contributed by atoms with Crippen molar-refractivity contribution in [3.63, 3.8) is 0 Å². The lowest BCUT2D eigenvalue weighted by Crippen LogP contribution is -2.32. The lowest BCUT2D eigenvalue weighted by Gasteiger charge is -2.19. The van der Waals surface area contributed by atoms with Gasteiger partial charge in [-0.15, -0.1) is 0 Å². The van der Waals surface area contributed by atoms with Gasteiger partial charge in [-0.2, -0.15) is 0 Å². The van der Waals surface area contributed by atoms with Crippen LogP contribution in [0.5, 0.6) is 0 Å². The summed E-state index contributed by atoms with van der Waals surface area (Å²) in [4.78, 5) is 37.8. The van der Waals surface area contributed by atoms with Crippen molar-refractivity contribution >= 4 is 29.3 Å². The van der Waals surface area contributed by atoms with Crippen LogP contribution in [0.4, 0.5) is 16.2 Å². The molecule has 1 saturated heterocycles. The minimum atomic E-state index is -0.547. The number of hydrogen-bond donors (Lipinski definition) is 2. The third-order valence-corrected chi connectivity index (χ3v) is 4.56. The van der Waals surface area contributed by atoms with Crippen LogP contribution in [0.2, 0.25) is 0 Å². The first-order chi connectivity index (χ1) is 14.2. The lowest BCUT2D eigenvalue weighted by molar-refractivity contribution is -0.117. The zero-order valence-corrected chi connectivity index (χ0v) is 17.5. The number of nitrogens with one attached hydrogen (secondary N) is 2. The Labute approximate surface area is 176 Å². The highest BCUT2D eigenvalue weighted by molar-refractivity contribution is 6.04. The third kappa shape index (κ3) is 5.83. The molecule has 1 heterocycles. The van der Waals surface area contributed by atoms with Crippen LogP contribution in [0.25, 0.3) is 0 Å². The second-order valence-corrected chi connectivity index (χ2v) is 8.20. The number of ether oxygens (including phenoxy) is 1. The molecule has 1 fully saturated rings. The molecule has 2 N–H and O–H groups in total. The monoisotopic (exact) mass is 409 g/mol. The Morgan fingerprint density at radius 3 is 2.27 bits per heavy atom. The molecule has 0 atom stereocenters. The highest BCUT2D eigenvalue weighted by Crippen LogP contribution is 2.23. The van der Waals surface area contributed by atoms with Gasteiger partial charge in [0.15, 0.2) is 0 Å². The van der Waals surface area contributed by atoms with Gasteiger partial charge in [0, 0.05) is 36.4 Å². The molecule has 3 amide bonds. The molecule has 7 heteroatoms. The maximum atomic E-state index is 12.5. The Kier molecular flexibility index (Phi) is 6.40. The fourth-order valence-corrected chi connectivity index (χ4v) is 3.11. The molecule has 0 unspecified atom stereocenters.